The average molecular weight is 222 g/mol. The van der Waals surface area contributed by atoms with Gasteiger partial charge in [-0.3, -0.25) is 15.5 Å². The minimum Gasteiger partial charge on any atom is -0.270 e. The average Bonchev–Trinajstić information content (AvgIpc) is 1.86. The van der Waals surface area contributed by atoms with E-state index in [1.54, 1.807) is 0 Å². The maximum atomic E-state index is 3.12. The minimum absolute atomic E-state index is 0. The van der Waals surface area contributed by atoms with Gasteiger partial charge >= 0.3 is 0 Å². The predicted octanol–water partition coefficient (Wildman–Crippen LogP) is 2.00. The molecule has 0 bridgehead atoms. The Bertz CT molecular complexity index is 105. The van der Waals surface area contributed by atoms with Crippen molar-refractivity contribution in [3.05, 3.63) is 23.8 Å². The molecular formula is C6H9F2Rh-. The van der Waals surface area contributed by atoms with Crippen molar-refractivity contribution in [2.45, 2.75) is 13.3 Å². The standard InChI is InChI=1S/C6H7.2FH.Rh/c1-6-4-2-3-5-6;;;/h2,4H,3H2,1H3;2*1H;/q-1;;;. The van der Waals surface area contributed by atoms with E-state index in [0.29, 0.717) is 0 Å². The Hall–Kier alpha value is -0.0366. The van der Waals surface area contributed by atoms with Crippen molar-refractivity contribution >= 4 is 0 Å². The van der Waals surface area contributed by atoms with Crippen LogP contribution in [0.1, 0.15) is 13.3 Å². The molecule has 0 heterocycles. The zero-order chi connectivity index (χ0) is 4.41. The number of rotatable bonds is 0. The molecule has 0 unspecified atom stereocenters. The smallest absolute Gasteiger partial charge is 0 e. The van der Waals surface area contributed by atoms with Gasteiger partial charge in [0, 0.05) is 19.5 Å². The second-order valence-corrected chi connectivity index (χ2v) is 1.47. The van der Waals surface area contributed by atoms with Crippen LogP contribution in [0.25, 0.3) is 0 Å². The second kappa shape index (κ2) is 7.96. The van der Waals surface area contributed by atoms with E-state index in [-0.39, 0.29) is 28.9 Å². The van der Waals surface area contributed by atoms with Crippen LogP contribution in [-0.4, -0.2) is 0 Å². The molecule has 0 aromatic rings. The van der Waals surface area contributed by atoms with Crippen molar-refractivity contribution in [3.8, 4) is 0 Å². The minimum atomic E-state index is 0. The van der Waals surface area contributed by atoms with E-state index in [0.717, 1.165) is 6.42 Å². The largest absolute Gasteiger partial charge is 0.270 e. The molecule has 1 rings (SSSR count). The fourth-order valence-electron chi connectivity index (χ4n) is 0.515. The normalized spacial score (nSPS) is 12.3. The van der Waals surface area contributed by atoms with Crippen molar-refractivity contribution in [1.82, 2.24) is 0 Å². The molecule has 1 aliphatic carbocycles. The van der Waals surface area contributed by atoms with Gasteiger partial charge in [0.2, 0.25) is 0 Å². The van der Waals surface area contributed by atoms with Crippen molar-refractivity contribution in [2.24, 2.45) is 0 Å². The van der Waals surface area contributed by atoms with Gasteiger partial charge in [0.1, 0.15) is 0 Å². The van der Waals surface area contributed by atoms with Gasteiger partial charge in [-0.25, -0.2) is 11.6 Å². The Morgan fingerprint density at radius 2 is 2.00 bits per heavy atom. The van der Waals surface area contributed by atoms with Gasteiger partial charge < -0.3 is 0 Å². The summed E-state index contributed by atoms with van der Waals surface area (Å²) in [5.41, 5.74) is 1.27. The summed E-state index contributed by atoms with van der Waals surface area (Å²) in [5.74, 6) is 0. The van der Waals surface area contributed by atoms with Gasteiger partial charge in [0.15, 0.2) is 0 Å². The fraction of sp³-hybridized carbons (Fsp3) is 0.333. The van der Waals surface area contributed by atoms with E-state index in [1.807, 2.05) is 0 Å². The molecule has 3 heteroatoms. The quantitative estimate of drug-likeness (QED) is 0.434. The van der Waals surface area contributed by atoms with Gasteiger partial charge in [-0.05, 0) is 0 Å². The van der Waals surface area contributed by atoms with Gasteiger partial charge in [0.25, 0.3) is 0 Å². The summed E-state index contributed by atoms with van der Waals surface area (Å²) < 4.78 is 0. The number of halogens is 2. The molecule has 0 aromatic carbocycles. The van der Waals surface area contributed by atoms with Gasteiger partial charge in [-0.2, -0.15) is 6.08 Å². The molecule has 0 saturated carbocycles. The maximum absolute atomic E-state index is 3.12. The molecule has 0 amide bonds. The second-order valence-electron chi connectivity index (χ2n) is 1.47. The summed E-state index contributed by atoms with van der Waals surface area (Å²) in [6, 6.07) is 0. The third-order valence-corrected chi connectivity index (χ3v) is 0.867. The molecule has 0 atom stereocenters. The molecular weight excluding hydrogens is 213 g/mol. The molecule has 0 N–H and O–H groups in total. The van der Waals surface area contributed by atoms with Crippen LogP contribution in [0.4, 0.5) is 9.41 Å². The Balaban J connectivity index is -0.000000120. The monoisotopic (exact) mass is 222 g/mol. The summed E-state index contributed by atoms with van der Waals surface area (Å²) in [5, 5.41) is 0. The van der Waals surface area contributed by atoms with E-state index in [1.165, 1.54) is 5.57 Å². The predicted molar refractivity (Wildman–Crippen MR) is 31.2 cm³/mol. The summed E-state index contributed by atoms with van der Waals surface area (Å²) in [7, 11) is 0. The Morgan fingerprint density at radius 1 is 1.44 bits per heavy atom. The first kappa shape index (κ1) is 16.0. The molecule has 9 heavy (non-hydrogen) atoms. The molecule has 0 aliphatic heterocycles. The van der Waals surface area contributed by atoms with Crippen LogP contribution in [0.3, 0.4) is 0 Å². The number of allylic oxidation sites excluding steroid dienone is 4. The molecule has 0 fully saturated rings. The molecule has 0 nitrogen and oxygen atoms in total. The van der Waals surface area contributed by atoms with Crippen molar-refractivity contribution < 1.29 is 28.9 Å². The van der Waals surface area contributed by atoms with Crippen LogP contribution in [-0.2, 0) is 19.5 Å². The molecule has 1 aliphatic rings. The summed E-state index contributed by atoms with van der Waals surface area (Å²) >= 11 is 0. The van der Waals surface area contributed by atoms with Crippen LogP contribution in [0.2, 0.25) is 0 Å². The third kappa shape index (κ3) is 5.84. The number of hydrogen-bond donors (Lipinski definition) is 0. The van der Waals surface area contributed by atoms with E-state index < -0.39 is 0 Å². The van der Waals surface area contributed by atoms with E-state index in [2.05, 4.69) is 25.2 Å². The first-order valence-electron chi connectivity index (χ1n) is 2.13. The van der Waals surface area contributed by atoms with Gasteiger partial charge in [-0.15, -0.1) is 6.42 Å². The van der Waals surface area contributed by atoms with Crippen LogP contribution >= 0.6 is 0 Å². The first-order valence-corrected chi connectivity index (χ1v) is 2.13. The van der Waals surface area contributed by atoms with Crippen LogP contribution in [0.5, 0.6) is 0 Å². The van der Waals surface area contributed by atoms with Crippen molar-refractivity contribution in [1.29, 1.82) is 0 Å². The Morgan fingerprint density at radius 3 is 2.11 bits per heavy atom. The molecule has 57 valence electrons. The third-order valence-electron chi connectivity index (χ3n) is 0.867. The summed E-state index contributed by atoms with van der Waals surface area (Å²) in [6.07, 6.45) is 8.33. The first-order chi connectivity index (χ1) is 2.89. The Labute approximate surface area is 66.5 Å². The Kier molecular flexibility index (Phi) is 14.1. The summed E-state index contributed by atoms with van der Waals surface area (Å²) in [4.78, 5) is 0. The topological polar surface area (TPSA) is 0 Å². The number of hydrogen-bond acceptors (Lipinski definition) is 0. The van der Waals surface area contributed by atoms with Crippen LogP contribution < -0.4 is 0 Å². The van der Waals surface area contributed by atoms with Crippen molar-refractivity contribution in [2.75, 3.05) is 0 Å². The molecule has 0 spiro atoms. The molecule has 1 radical (unpaired) electrons. The van der Waals surface area contributed by atoms with Crippen molar-refractivity contribution in [3.63, 3.8) is 0 Å². The maximum Gasteiger partial charge on any atom is 0 e. The van der Waals surface area contributed by atoms with Gasteiger partial charge in [0.05, 0.1) is 0 Å². The summed E-state index contributed by atoms with van der Waals surface area (Å²) in [6.45, 7) is 2.06. The van der Waals surface area contributed by atoms with E-state index in [9.17, 15) is 0 Å². The molecule has 0 saturated heterocycles. The van der Waals surface area contributed by atoms with E-state index in [4.69, 9.17) is 0 Å². The molecule has 0 aromatic heterocycles. The zero-order valence-corrected chi connectivity index (χ0v) is 6.65. The van der Waals surface area contributed by atoms with E-state index >= 15 is 0 Å². The van der Waals surface area contributed by atoms with Crippen LogP contribution in [0, 0.1) is 6.08 Å². The van der Waals surface area contributed by atoms with Gasteiger partial charge in [-0.1, -0.05) is 6.92 Å². The zero-order valence-electron chi connectivity index (χ0n) is 5.01. The van der Waals surface area contributed by atoms with Crippen LogP contribution in [0.15, 0.2) is 17.7 Å². The fourth-order valence-corrected chi connectivity index (χ4v) is 0.515. The SMILES string of the molecule is CC1=[C-]CC=C1.F.F.[Rh].